The molecule has 0 atom stereocenters. The van der Waals surface area contributed by atoms with Crippen molar-refractivity contribution in [2.45, 2.75) is 40.3 Å². The van der Waals surface area contributed by atoms with E-state index in [1.165, 1.54) is 0 Å². The van der Waals surface area contributed by atoms with Gasteiger partial charge in [-0.3, -0.25) is 4.68 Å². The molecule has 0 radical (unpaired) electrons. The van der Waals surface area contributed by atoms with Gasteiger partial charge in [0.05, 0.1) is 29.4 Å². The molecule has 4 rings (SSSR count). The molecule has 2 aromatic heterocycles. The lowest BCUT2D eigenvalue weighted by Gasteiger charge is -2.17. The third-order valence-corrected chi connectivity index (χ3v) is 5.04. The number of fused-ring (bicyclic) bond motifs is 1. The second kappa shape index (κ2) is 8.15. The number of ether oxygens (including phenoxy) is 1. The molecule has 2 aromatic carbocycles. The van der Waals surface area contributed by atoms with E-state index in [4.69, 9.17) is 20.9 Å². The third-order valence-electron chi connectivity index (χ3n) is 4.74. The van der Waals surface area contributed by atoms with Gasteiger partial charge in [-0.15, -0.1) is 0 Å². The maximum atomic E-state index is 11.3. The first kappa shape index (κ1) is 21.1. The topological polar surface area (TPSA) is 83.0 Å². The predicted octanol–water partition coefficient (Wildman–Crippen LogP) is 5.42. The number of halogens is 1. The summed E-state index contributed by atoms with van der Waals surface area (Å²) in [7, 11) is 0. The first-order chi connectivity index (χ1) is 14.8. The monoisotopic (exact) mass is 438 g/mol. The van der Waals surface area contributed by atoms with Crippen LogP contribution in [-0.4, -0.2) is 32.3 Å². The lowest BCUT2D eigenvalue weighted by Crippen LogP contribution is -2.21. The summed E-state index contributed by atoms with van der Waals surface area (Å²) in [5.41, 5.74) is 1.97. The van der Waals surface area contributed by atoms with Gasteiger partial charge in [-0.1, -0.05) is 30.6 Å². The fourth-order valence-corrected chi connectivity index (χ4v) is 3.44. The highest BCUT2D eigenvalue weighted by molar-refractivity contribution is 6.32. The second-order valence-electron chi connectivity index (χ2n) is 8.42. The highest BCUT2D eigenvalue weighted by Gasteiger charge is 2.20. The zero-order chi connectivity index (χ0) is 22.2. The molecule has 0 saturated carbocycles. The molecular weight excluding hydrogens is 416 g/mol. The molecule has 0 saturated heterocycles. The highest BCUT2D eigenvalue weighted by atomic mass is 35.5. The Morgan fingerprint density at radius 1 is 1.19 bits per heavy atom. The van der Waals surface area contributed by atoms with Gasteiger partial charge in [-0.2, -0.15) is 10.1 Å². The number of aromatic nitrogens is 4. The summed E-state index contributed by atoms with van der Waals surface area (Å²) < 4.78 is 13.0. The standard InChI is InChI=1S/C23H23ClN4O3/c1-14(2)30-20-8-6-16(10-18(20)24)22-26-21(27-31-22)15-5-7-19-17(9-15)11-25-28(19)12-23(3,4)13-29/h5-11,13-14H,12H2,1-4H3. The molecular formula is C23H23ClN4O3. The Labute approximate surface area is 185 Å². The molecule has 0 fully saturated rings. The number of carbonyl (C=O) groups excluding carboxylic acids is 1. The number of carbonyl (C=O) groups is 1. The normalized spacial score (nSPS) is 11.9. The van der Waals surface area contributed by atoms with Gasteiger partial charge < -0.3 is 14.1 Å². The molecule has 4 aromatic rings. The molecule has 0 bridgehead atoms. The highest BCUT2D eigenvalue weighted by Crippen LogP contribution is 2.32. The van der Waals surface area contributed by atoms with Crippen molar-refractivity contribution in [3.63, 3.8) is 0 Å². The van der Waals surface area contributed by atoms with Crippen molar-refractivity contribution in [2.75, 3.05) is 0 Å². The number of aldehydes is 1. The van der Waals surface area contributed by atoms with Crippen LogP contribution in [0.4, 0.5) is 0 Å². The summed E-state index contributed by atoms with van der Waals surface area (Å²) in [6.45, 7) is 8.16. The largest absolute Gasteiger partial charge is 0.489 e. The van der Waals surface area contributed by atoms with E-state index in [-0.39, 0.29) is 6.10 Å². The van der Waals surface area contributed by atoms with Crippen LogP contribution in [0.3, 0.4) is 0 Å². The average molecular weight is 439 g/mol. The zero-order valence-corrected chi connectivity index (χ0v) is 18.6. The van der Waals surface area contributed by atoms with Crippen molar-refractivity contribution in [1.82, 2.24) is 19.9 Å². The van der Waals surface area contributed by atoms with Gasteiger partial charge in [0.25, 0.3) is 5.89 Å². The first-order valence-corrected chi connectivity index (χ1v) is 10.4. The van der Waals surface area contributed by atoms with Crippen molar-refractivity contribution in [2.24, 2.45) is 5.41 Å². The Hall–Kier alpha value is -3.19. The molecule has 0 amide bonds. The van der Waals surface area contributed by atoms with Crippen LogP contribution in [0, 0.1) is 5.41 Å². The maximum Gasteiger partial charge on any atom is 0.258 e. The van der Waals surface area contributed by atoms with Crippen molar-refractivity contribution in [1.29, 1.82) is 0 Å². The van der Waals surface area contributed by atoms with Crippen LogP contribution in [0.5, 0.6) is 5.75 Å². The molecule has 0 spiro atoms. The molecule has 0 N–H and O–H groups in total. The van der Waals surface area contributed by atoms with Crippen LogP contribution < -0.4 is 4.74 Å². The van der Waals surface area contributed by atoms with E-state index in [9.17, 15) is 4.79 Å². The number of nitrogens with zero attached hydrogens (tertiary/aromatic N) is 4. The molecule has 160 valence electrons. The van der Waals surface area contributed by atoms with Crippen LogP contribution in [-0.2, 0) is 11.3 Å². The minimum absolute atomic E-state index is 0.0298. The summed E-state index contributed by atoms with van der Waals surface area (Å²) in [5, 5.41) is 9.96. The summed E-state index contributed by atoms with van der Waals surface area (Å²) >= 11 is 6.33. The van der Waals surface area contributed by atoms with Gasteiger partial charge >= 0.3 is 0 Å². The SMILES string of the molecule is CC(C)Oc1ccc(-c2nc(-c3ccc4c(cnn4CC(C)(C)C=O)c3)no2)cc1Cl. The van der Waals surface area contributed by atoms with Gasteiger partial charge in [0.1, 0.15) is 12.0 Å². The Balaban J connectivity index is 1.60. The molecule has 0 unspecified atom stereocenters. The number of hydrogen-bond acceptors (Lipinski definition) is 6. The minimum atomic E-state index is -0.489. The van der Waals surface area contributed by atoms with E-state index in [0.717, 1.165) is 22.8 Å². The van der Waals surface area contributed by atoms with Crippen molar-refractivity contribution in [3.8, 4) is 28.6 Å². The maximum absolute atomic E-state index is 11.3. The van der Waals surface area contributed by atoms with Gasteiger partial charge in [-0.25, -0.2) is 0 Å². The van der Waals surface area contributed by atoms with E-state index in [1.54, 1.807) is 18.3 Å². The van der Waals surface area contributed by atoms with Crippen LogP contribution in [0.25, 0.3) is 33.7 Å². The molecule has 8 heteroatoms. The van der Waals surface area contributed by atoms with Gasteiger partial charge in [0.2, 0.25) is 5.82 Å². The fourth-order valence-electron chi connectivity index (χ4n) is 3.22. The molecule has 0 aliphatic rings. The van der Waals surface area contributed by atoms with Gasteiger partial charge in [-0.05, 0) is 50.2 Å². The predicted molar refractivity (Wildman–Crippen MR) is 119 cm³/mol. The quantitative estimate of drug-likeness (QED) is 0.358. The van der Waals surface area contributed by atoms with Crippen LogP contribution in [0.1, 0.15) is 27.7 Å². The Kier molecular flexibility index (Phi) is 5.54. The Bertz CT molecular complexity index is 1240. The molecule has 0 aliphatic heterocycles. The van der Waals surface area contributed by atoms with E-state index >= 15 is 0 Å². The summed E-state index contributed by atoms with van der Waals surface area (Å²) in [6, 6.07) is 11.2. The van der Waals surface area contributed by atoms with Crippen LogP contribution >= 0.6 is 11.6 Å². The molecule has 31 heavy (non-hydrogen) atoms. The van der Waals surface area contributed by atoms with E-state index in [1.807, 2.05) is 56.6 Å². The van der Waals surface area contributed by atoms with Crippen LogP contribution in [0.15, 0.2) is 47.1 Å². The summed E-state index contributed by atoms with van der Waals surface area (Å²) in [4.78, 5) is 15.8. The summed E-state index contributed by atoms with van der Waals surface area (Å²) in [6.07, 6.45) is 2.75. The lowest BCUT2D eigenvalue weighted by molar-refractivity contribution is -0.115. The fraction of sp³-hybridized carbons (Fsp3) is 0.304. The third kappa shape index (κ3) is 4.46. The second-order valence-corrected chi connectivity index (χ2v) is 8.82. The van der Waals surface area contributed by atoms with Crippen molar-refractivity contribution < 1.29 is 14.1 Å². The summed E-state index contributed by atoms with van der Waals surface area (Å²) in [5.74, 6) is 1.45. The van der Waals surface area contributed by atoms with Crippen LogP contribution in [0.2, 0.25) is 5.02 Å². The van der Waals surface area contributed by atoms with E-state index in [2.05, 4.69) is 15.2 Å². The minimum Gasteiger partial charge on any atom is -0.489 e. The molecule has 0 aliphatic carbocycles. The Morgan fingerprint density at radius 3 is 2.68 bits per heavy atom. The number of hydrogen-bond donors (Lipinski definition) is 0. The number of rotatable bonds is 7. The smallest absolute Gasteiger partial charge is 0.258 e. The van der Waals surface area contributed by atoms with E-state index < -0.39 is 5.41 Å². The number of benzene rings is 2. The van der Waals surface area contributed by atoms with Gasteiger partial charge in [0.15, 0.2) is 0 Å². The molecule has 2 heterocycles. The molecule has 7 nitrogen and oxygen atoms in total. The lowest BCUT2D eigenvalue weighted by atomic mass is 9.96. The zero-order valence-electron chi connectivity index (χ0n) is 17.8. The van der Waals surface area contributed by atoms with Gasteiger partial charge in [0, 0.05) is 21.9 Å². The van der Waals surface area contributed by atoms with Crippen molar-refractivity contribution >= 4 is 28.8 Å². The van der Waals surface area contributed by atoms with E-state index in [0.29, 0.717) is 34.6 Å². The van der Waals surface area contributed by atoms with Crippen molar-refractivity contribution in [3.05, 3.63) is 47.6 Å². The first-order valence-electron chi connectivity index (χ1n) is 9.98. The average Bonchev–Trinajstić information content (AvgIpc) is 3.36. The Morgan fingerprint density at radius 2 is 1.97 bits per heavy atom.